The van der Waals surface area contributed by atoms with E-state index in [1.807, 2.05) is 42.4 Å². The lowest BCUT2D eigenvalue weighted by atomic mass is 9.93. The second-order valence-corrected chi connectivity index (χ2v) is 6.10. The predicted octanol–water partition coefficient (Wildman–Crippen LogP) is 2.31. The Balaban J connectivity index is 0.00000192. The molecule has 126 valence electrons. The molecule has 1 aliphatic heterocycles. The highest BCUT2D eigenvalue weighted by Gasteiger charge is 2.22. The molecule has 1 aromatic carbocycles. The van der Waals surface area contributed by atoms with Crippen LogP contribution in [0.2, 0.25) is 0 Å². The molecule has 0 saturated carbocycles. The second-order valence-electron chi connectivity index (χ2n) is 6.10. The molecule has 1 N–H and O–H groups in total. The van der Waals surface area contributed by atoms with Crippen LogP contribution >= 0.6 is 12.4 Å². The maximum atomic E-state index is 12.4. The fourth-order valence-corrected chi connectivity index (χ4v) is 3.15. The summed E-state index contributed by atoms with van der Waals surface area (Å²) >= 11 is 0. The van der Waals surface area contributed by atoms with E-state index in [1.165, 1.54) is 6.42 Å². The number of piperidine rings is 1. The Labute approximate surface area is 143 Å². The Hall–Kier alpha value is -1.59. The fourth-order valence-electron chi connectivity index (χ4n) is 3.15. The molecule has 0 unspecified atom stereocenters. The first-order chi connectivity index (χ1) is 10.8. The molecule has 0 atom stereocenters. The van der Waals surface area contributed by atoms with Gasteiger partial charge < -0.3 is 10.2 Å². The minimum Gasteiger partial charge on any atom is -0.341 e. The van der Waals surface area contributed by atoms with Gasteiger partial charge >= 0.3 is 0 Å². The molecule has 1 aliphatic rings. The Morgan fingerprint density at radius 1 is 1.30 bits per heavy atom. The third-order valence-electron chi connectivity index (χ3n) is 4.53. The first-order valence-electron chi connectivity index (χ1n) is 8.11. The van der Waals surface area contributed by atoms with Crippen molar-refractivity contribution in [3.8, 4) is 0 Å². The molecule has 1 saturated heterocycles. The summed E-state index contributed by atoms with van der Waals surface area (Å²) in [5.74, 6) is 0.934. The Morgan fingerprint density at radius 2 is 2.04 bits per heavy atom. The maximum Gasteiger partial charge on any atom is 0.244 e. The van der Waals surface area contributed by atoms with Crippen molar-refractivity contribution < 1.29 is 4.79 Å². The number of nitrogens with zero attached hydrogens (tertiary/aromatic N) is 3. The standard InChI is InChI=1S/C17H24N4O.ClH/c1-18-9-6-14-7-10-20(11-8-14)17(22)13-21-12-15-4-2-3-5-16(15)19-21;/h2-5,12,14,18H,6-11,13H2,1H3;1H. The summed E-state index contributed by atoms with van der Waals surface area (Å²) in [4.78, 5) is 14.4. The van der Waals surface area contributed by atoms with Crippen LogP contribution in [-0.2, 0) is 11.3 Å². The molecule has 2 aromatic rings. The quantitative estimate of drug-likeness (QED) is 0.911. The zero-order valence-corrected chi connectivity index (χ0v) is 14.4. The van der Waals surface area contributed by atoms with E-state index in [4.69, 9.17) is 0 Å². The van der Waals surface area contributed by atoms with Crippen LogP contribution in [0.25, 0.3) is 10.9 Å². The van der Waals surface area contributed by atoms with E-state index in [0.717, 1.165) is 49.3 Å². The lowest BCUT2D eigenvalue weighted by Crippen LogP contribution is -2.40. The number of carbonyl (C=O) groups excluding carboxylic acids is 1. The molecule has 23 heavy (non-hydrogen) atoms. The average Bonchev–Trinajstić information content (AvgIpc) is 2.95. The van der Waals surface area contributed by atoms with Crippen molar-refractivity contribution in [3.05, 3.63) is 30.5 Å². The van der Waals surface area contributed by atoms with Crippen LogP contribution in [0.15, 0.2) is 30.5 Å². The van der Waals surface area contributed by atoms with Gasteiger partial charge in [-0.15, -0.1) is 12.4 Å². The van der Waals surface area contributed by atoms with Gasteiger partial charge in [0.2, 0.25) is 5.91 Å². The van der Waals surface area contributed by atoms with Crippen molar-refractivity contribution in [3.63, 3.8) is 0 Å². The third-order valence-corrected chi connectivity index (χ3v) is 4.53. The van der Waals surface area contributed by atoms with Crippen LogP contribution in [0.5, 0.6) is 0 Å². The van der Waals surface area contributed by atoms with Gasteiger partial charge in [0.05, 0.1) is 5.52 Å². The first-order valence-corrected chi connectivity index (χ1v) is 8.11. The van der Waals surface area contributed by atoms with Crippen molar-refractivity contribution in [2.45, 2.75) is 25.8 Å². The molecule has 0 bridgehead atoms. The zero-order valence-electron chi connectivity index (χ0n) is 13.6. The molecular weight excluding hydrogens is 312 g/mol. The van der Waals surface area contributed by atoms with Crippen molar-refractivity contribution in [2.24, 2.45) is 5.92 Å². The lowest BCUT2D eigenvalue weighted by Gasteiger charge is -2.32. The van der Waals surface area contributed by atoms with Crippen LogP contribution in [-0.4, -0.2) is 47.3 Å². The minimum atomic E-state index is 0. The summed E-state index contributed by atoms with van der Waals surface area (Å²) in [6.45, 7) is 3.18. The zero-order chi connectivity index (χ0) is 15.4. The van der Waals surface area contributed by atoms with E-state index in [9.17, 15) is 4.79 Å². The number of aromatic nitrogens is 2. The van der Waals surface area contributed by atoms with Crippen LogP contribution in [0.3, 0.4) is 0 Å². The van der Waals surface area contributed by atoms with E-state index in [2.05, 4.69) is 10.4 Å². The van der Waals surface area contributed by atoms with E-state index < -0.39 is 0 Å². The van der Waals surface area contributed by atoms with Gasteiger partial charge in [-0.1, -0.05) is 18.2 Å². The van der Waals surface area contributed by atoms with Crippen molar-refractivity contribution >= 4 is 29.2 Å². The fraction of sp³-hybridized carbons (Fsp3) is 0.529. The van der Waals surface area contributed by atoms with Gasteiger partial charge in [0.25, 0.3) is 0 Å². The number of halogens is 1. The molecule has 1 amide bonds. The molecule has 1 aromatic heterocycles. The summed E-state index contributed by atoms with van der Waals surface area (Å²) in [5.41, 5.74) is 0.945. The first kappa shape index (κ1) is 17.8. The smallest absolute Gasteiger partial charge is 0.244 e. The number of rotatable bonds is 5. The van der Waals surface area contributed by atoms with Crippen LogP contribution in [0.4, 0.5) is 0 Å². The number of amides is 1. The SMILES string of the molecule is CNCCC1CCN(C(=O)Cn2cc3ccccc3n2)CC1.Cl. The molecule has 6 heteroatoms. The number of nitrogens with one attached hydrogen (secondary N) is 1. The average molecular weight is 337 g/mol. The lowest BCUT2D eigenvalue weighted by molar-refractivity contribution is -0.133. The molecular formula is C17H25ClN4O. The van der Waals surface area contributed by atoms with Gasteiger partial charge in [0.15, 0.2) is 0 Å². The Kier molecular flexibility index (Phi) is 6.42. The van der Waals surface area contributed by atoms with Gasteiger partial charge in [-0.05, 0) is 44.8 Å². The number of hydrogen-bond acceptors (Lipinski definition) is 3. The summed E-state index contributed by atoms with van der Waals surface area (Å²) in [5, 5.41) is 8.75. The molecule has 0 radical (unpaired) electrons. The predicted molar refractivity (Wildman–Crippen MR) is 94.8 cm³/mol. The van der Waals surface area contributed by atoms with E-state index >= 15 is 0 Å². The van der Waals surface area contributed by atoms with Crippen LogP contribution in [0, 0.1) is 5.92 Å². The number of likely N-dealkylation sites (tertiary alicyclic amines) is 1. The number of benzene rings is 1. The van der Waals surface area contributed by atoms with Gasteiger partial charge in [-0.25, -0.2) is 0 Å². The van der Waals surface area contributed by atoms with Crippen molar-refractivity contribution in [2.75, 3.05) is 26.7 Å². The summed E-state index contributed by atoms with van der Waals surface area (Å²) in [6.07, 6.45) is 5.40. The Bertz CT molecular complexity index is 601. The molecule has 2 heterocycles. The van der Waals surface area contributed by atoms with Crippen molar-refractivity contribution in [1.29, 1.82) is 0 Å². The highest BCUT2D eigenvalue weighted by atomic mass is 35.5. The van der Waals surface area contributed by atoms with Crippen LogP contribution < -0.4 is 5.32 Å². The molecule has 1 fully saturated rings. The van der Waals surface area contributed by atoms with Gasteiger partial charge in [0, 0.05) is 24.7 Å². The number of hydrogen-bond donors (Lipinski definition) is 1. The Morgan fingerprint density at radius 3 is 2.74 bits per heavy atom. The molecule has 0 spiro atoms. The normalized spacial score (nSPS) is 15.6. The van der Waals surface area contributed by atoms with Crippen LogP contribution in [0.1, 0.15) is 19.3 Å². The largest absolute Gasteiger partial charge is 0.341 e. The van der Waals surface area contributed by atoms with Gasteiger partial charge in [-0.2, -0.15) is 5.10 Å². The van der Waals surface area contributed by atoms with Crippen molar-refractivity contribution in [1.82, 2.24) is 20.0 Å². The summed E-state index contributed by atoms with van der Waals surface area (Å²) in [6, 6.07) is 7.96. The van der Waals surface area contributed by atoms with E-state index in [0.29, 0.717) is 6.54 Å². The van der Waals surface area contributed by atoms with Gasteiger partial charge in [0.1, 0.15) is 6.54 Å². The second kappa shape index (κ2) is 8.31. The van der Waals surface area contributed by atoms with E-state index in [1.54, 1.807) is 4.68 Å². The minimum absolute atomic E-state index is 0. The number of carbonyl (C=O) groups is 1. The molecule has 0 aliphatic carbocycles. The van der Waals surface area contributed by atoms with Gasteiger partial charge in [-0.3, -0.25) is 9.48 Å². The monoisotopic (exact) mass is 336 g/mol. The number of fused-ring (bicyclic) bond motifs is 1. The molecule has 5 nitrogen and oxygen atoms in total. The topological polar surface area (TPSA) is 50.2 Å². The third kappa shape index (κ3) is 4.45. The summed E-state index contributed by atoms with van der Waals surface area (Å²) < 4.78 is 1.76. The summed E-state index contributed by atoms with van der Waals surface area (Å²) in [7, 11) is 1.99. The van der Waals surface area contributed by atoms with E-state index in [-0.39, 0.29) is 18.3 Å². The highest BCUT2D eigenvalue weighted by Crippen LogP contribution is 2.20. The molecule has 3 rings (SSSR count). The maximum absolute atomic E-state index is 12.4. The highest BCUT2D eigenvalue weighted by molar-refractivity contribution is 5.85.